The van der Waals surface area contributed by atoms with Gasteiger partial charge in [0.2, 0.25) is 5.91 Å². The number of rotatable bonds is 6. The van der Waals surface area contributed by atoms with E-state index < -0.39 is 17.7 Å². The van der Waals surface area contributed by atoms with E-state index in [2.05, 4.69) is 4.98 Å². The Morgan fingerprint density at radius 2 is 1.93 bits per heavy atom. The van der Waals surface area contributed by atoms with Crippen molar-refractivity contribution in [2.75, 3.05) is 7.05 Å². The molecule has 4 nitrogen and oxygen atoms in total. The number of carbonyl (C=O) groups excluding carboxylic acids is 1. The standard InChI is InChI=1S/C21H18Cl2F2N2O2/c1-12(13-3-6-17(24)18(25)9-13)27(2)21(28)8-7-20-26-11-19(29-20)15-5-4-14(22)10-16(15)23/h3-6,9-12H,7-8H2,1-2H3/t12-/m0/s1. The zero-order chi connectivity index (χ0) is 21.1. The molecular formula is C21H18Cl2F2N2O2. The van der Waals surface area contributed by atoms with Gasteiger partial charge in [-0.1, -0.05) is 29.3 Å². The molecule has 1 heterocycles. The van der Waals surface area contributed by atoms with E-state index in [0.717, 1.165) is 12.1 Å². The van der Waals surface area contributed by atoms with Crippen molar-refractivity contribution >= 4 is 29.1 Å². The van der Waals surface area contributed by atoms with Crippen LogP contribution >= 0.6 is 23.2 Å². The highest BCUT2D eigenvalue weighted by molar-refractivity contribution is 6.36. The summed E-state index contributed by atoms with van der Waals surface area (Å²) in [7, 11) is 1.61. The number of halogens is 4. The molecule has 0 N–H and O–H groups in total. The van der Waals surface area contributed by atoms with Crippen LogP contribution in [-0.4, -0.2) is 22.8 Å². The fraction of sp³-hybridized carbons (Fsp3) is 0.238. The molecule has 0 fully saturated rings. The Balaban J connectivity index is 1.63. The van der Waals surface area contributed by atoms with Crippen molar-refractivity contribution in [1.29, 1.82) is 0 Å². The lowest BCUT2D eigenvalue weighted by Gasteiger charge is -2.25. The van der Waals surface area contributed by atoms with Crippen molar-refractivity contribution in [1.82, 2.24) is 9.88 Å². The van der Waals surface area contributed by atoms with Gasteiger partial charge >= 0.3 is 0 Å². The molecule has 0 aliphatic rings. The number of oxazole rings is 1. The maximum absolute atomic E-state index is 13.5. The average molecular weight is 439 g/mol. The second kappa shape index (κ2) is 8.93. The molecule has 0 radical (unpaired) electrons. The van der Waals surface area contributed by atoms with Crippen LogP contribution < -0.4 is 0 Å². The first-order chi connectivity index (χ1) is 13.8. The molecule has 0 bridgehead atoms. The summed E-state index contributed by atoms with van der Waals surface area (Å²) in [5, 5.41) is 0.957. The second-order valence-electron chi connectivity index (χ2n) is 6.60. The largest absolute Gasteiger partial charge is 0.441 e. The number of hydrogen-bond donors (Lipinski definition) is 0. The summed E-state index contributed by atoms with van der Waals surface area (Å²) in [5.74, 6) is -1.16. The van der Waals surface area contributed by atoms with E-state index in [9.17, 15) is 13.6 Å². The van der Waals surface area contributed by atoms with Gasteiger partial charge in [0.15, 0.2) is 23.3 Å². The third-order valence-electron chi connectivity index (χ3n) is 4.70. The van der Waals surface area contributed by atoms with Crippen molar-refractivity contribution in [2.45, 2.75) is 25.8 Å². The van der Waals surface area contributed by atoms with E-state index in [1.165, 1.54) is 11.0 Å². The van der Waals surface area contributed by atoms with Crippen LogP contribution in [0.1, 0.15) is 30.8 Å². The molecule has 3 aromatic rings. The van der Waals surface area contributed by atoms with Gasteiger partial charge in [-0.3, -0.25) is 4.79 Å². The molecule has 1 atom stereocenters. The molecule has 0 spiro atoms. The van der Waals surface area contributed by atoms with E-state index in [1.807, 2.05) is 0 Å². The van der Waals surface area contributed by atoms with Gasteiger partial charge in [0.25, 0.3) is 0 Å². The zero-order valence-corrected chi connectivity index (χ0v) is 17.3. The minimum atomic E-state index is -0.941. The summed E-state index contributed by atoms with van der Waals surface area (Å²) in [5.41, 5.74) is 1.17. The fourth-order valence-electron chi connectivity index (χ4n) is 2.84. The molecule has 0 saturated carbocycles. The number of carbonyl (C=O) groups is 1. The van der Waals surface area contributed by atoms with Gasteiger partial charge in [-0.25, -0.2) is 13.8 Å². The quantitative estimate of drug-likeness (QED) is 0.468. The Labute approximate surface area is 177 Å². The molecule has 0 aliphatic heterocycles. The van der Waals surface area contributed by atoms with Gasteiger partial charge in [0, 0.05) is 30.5 Å². The van der Waals surface area contributed by atoms with Crippen molar-refractivity contribution in [3.63, 3.8) is 0 Å². The molecule has 0 aliphatic carbocycles. The SMILES string of the molecule is C[C@@H](c1ccc(F)c(F)c1)N(C)C(=O)CCc1ncc(-c2ccc(Cl)cc2Cl)o1. The van der Waals surface area contributed by atoms with Gasteiger partial charge in [-0.2, -0.15) is 0 Å². The zero-order valence-electron chi connectivity index (χ0n) is 15.8. The summed E-state index contributed by atoms with van der Waals surface area (Å²) in [6, 6.07) is 8.24. The number of nitrogens with zero attached hydrogens (tertiary/aromatic N) is 2. The number of hydrogen-bond acceptors (Lipinski definition) is 3. The summed E-state index contributed by atoms with van der Waals surface area (Å²) >= 11 is 12.1. The van der Waals surface area contributed by atoms with Crippen LogP contribution in [-0.2, 0) is 11.2 Å². The van der Waals surface area contributed by atoms with Crippen molar-refractivity contribution in [2.24, 2.45) is 0 Å². The van der Waals surface area contributed by atoms with Crippen molar-refractivity contribution in [3.8, 4) is 11.3 Å². The highest BCUT2D eigenvalue weighted by Crippen LogP contribution is 2.31. The third kappa shape index (κ3) is 4.95. The summed E-state index contributed by atoms with van der Waals surface area (Å²) in [6.45, 7) is 1.75. The van der Waals surface area contributed by atoms with E-state index >= 15 is 0 Å². The van der Waals surface area contributed by atoms with Gasteiger partial charge in [-0.05, 0) is 42.8 Å². The number of aryl methyl sites for hydroxylation is 1. The minimum absolute atomic E-state index is 0.152. The van der Waals surface area contributed by atoms with Crippen molar-refractivity contribution < 1.29 is 18.0 Å². The second-order valence-corrected chi connectivity index (χ2v) is 7.44. The monoisotopic (exact) mass is 438 g/mol. The molecule has 152 valence electrons. The van der Waals surface area contributed by atoms with Gasteiger partial charge in [-0.15, -0.1) is 0 Å². The van der Waals surface area contributed by atoms with Crippen LogP contribution in [0.5, 0.6) is 0 Å². The molecule has 29 heavy (non-hydrogen) atoms. The van der Waals surface area contributed by atoms with Crippen LogP contribution in [0, 0.1) is 11.6 Å². The van der Waals surface area contributed by atoms with E-state index in [-0.39, 0.29) is 12.3 Å². The molecule has 1 amide bonds. The number of amides is 1. The number of benzene rings is 2. The molecule has 1 aromatic heterocycles. The lowest BCUT2D eigenvalue weighted by Crippen LogP contribution is -2.30. The molecule has 0 unspecified atom stereocenters. The normalized spacial score (nSPS) is 12.1. The summed E-state index contributed by atoms with van der Waals surface area (Å²) < 4.78 is 32.3. The molecule has 2 aromatic carbocycles. The predicted molar refractivity (Wildman–Crippen MR) is 108 cm³/mol. The Morgan fingerprint density at radius 3 is 2.62 bits per heavy atom. The average Bonchev–Trinajstić information content (AvgIpc) is 3.15. The predicted octanol–water partition coefficient (Wildman–Crippen LogP) is 6.08. The van der Waals surface area contributed by atoms with E-state index in [4.69, 9.17) is 27.6 Å². The van der Waals surface area contributed by atoms with Gasteiger partial charge in [0.05, 0.1) is 17.3 Å². The first kappa shape index (κ1) is 21.3. The highest BCUT2D eigenvalue weighted by Gasteiger charge is 2.19. The lowest BCUT2D eigenvalue weighted by molar-refractivity contribution is -0.131. The third-order valence-corrected chi connectivity index (χ3v) is 5.25. The van der Waals surface area contributed by atoms with Crippen LogP contribution in [0.3, 0.4) is 0 Å². The van der Waals surface area contributed by atoms with Gasteiger partial charge in [0.1, 0.15) is 0 Å². The van der Waals surface area contributed by atoms with Crippen LogP contribution in [0.4, 0.5) is 8.78 Å². The van der Waals surface area contributed by atoms with Crippen molar-refractivity contribution in [3.05, 3.63) is 75.7 Å². The van der Waals surface area contributed by atoms with Crippen LogP contribution in [0.15, 0.2) is 47.0 Å². The lowest BCUT2D eigenvalue weighted by atomic mass is 10.1. The van der Waals surface area contributed by atoms with E-state index in [1.54, 1.807) is 38.4 Å². The summed E-state index contributed by atoms with van der Waals surface area (Å²) in [4.78, 5) is 18.2. The Bertz CT molecular complexity index is 1040. The highest BCUT2D eigenvalue weighted by atomic mass is 35.5. The Kier molecular flexibility index (Phi) is 6.55. The molecular weight excluding hydrogens is 421 g/mol. The van der Waals surface area contributed by atoms with E-state index in [0.29, 0.717) is 39.2 Å². The fourth-order valence-corrected chi connectivity index (χ4v) is 3.34. The molecule has 3 rings (SSSR count). The minimum Gasteiger partial charge on any atom is -0.441 e. The summed E-state index contributed by atoms with van der Waals surface area (Å²) in [6.07, 6.45) is 1.99. The maximum atomic E-state index is 13.5. The maximum Gasteiger partial charge on any atom is 0.223 e. The van der Waals surface area contributed by atoms with Gasteiger partial charge < -0.3 is 9.32 Å². The van der Waals surface area contributed by atoms with Crippen LogP contribution in [0.25, 0.3) is 11.3 Å². The number of aromatic nitrogens is 1. The first-order valence-electron chi connectivity index (χ1n) is 8.87. The van der Waals surface area contributed by atoms with Crippen LogP contribution in [0.2, 0.25) is 10.0 Å². The Morgan fingerprint density at radius 1 is 1.17 bits per heavy atom. The smallest absolute Gasteiger partial charge is 0.223 e. The first-order valence-corrected chi connectivity index (χ1v) is 9.62. The topological polar surface area (TPSA) is 46.3 Å². The molecule has 8 heteroatoms. The molecule has 0 saturated heterocycles. The Hall–Kier alpha value is -2.44.